The molecule has 0 aliphatic carbocycles. The first-order valence-electron chi connectivity index (χ1n) is 10.6. The Hall–Kier alpha value is -3.23. The molecule has 1 aliphatic rings. The fourth-order valence-electron chi connectivity index (χ4n) is 3.44. The van der Waals surface area contributed by atoms with E-state index in [0.29, 0.717) is 24.0 Å². The van der Waals surface area contributed by atoms with Crippen molar-refractivity contribution in [2.24, 2.45) is 5.92 Å². The van der Waals surface area contributed by atoms with E-state index < -0.39 is 24.5 Å². The molecule has 0 fully saturated rings. The summed E-state index contributed by atoms with van der Waals surface area (Å²) in [6.07, 6.45) is 4.85. The minimum atomic E-state index is -0.729. The van der Waals surface area contributed by atoms with Gasteiger partial charge >= 0.3 is 12.0 Å². The first kappa shape index (κ1) is 22.5. The maximum atomic E-state index is 12.8. The van der Waals surface area contributed by atoms with Gasteiger partial charge in [0.05, 0.1) is 16.5 Å². The number of aromatic nitrogens is 2. The van der Waals surface area contributed by atoms with Crippen LogP contribution in [0.3, 0.4) is 0 Å². The number of carbonyl (C=O) groups excluding carboxylic acids is 3. The molecule has 9 heteroatoms. The minimum absolute atomic E-state index is 0.103. The van der Waals surface area contributed by atoms with Crippen molar-refractivity contribution in [2.75, 3.05) is 13.2 Å². The van der Waals surface area contributed by atoms with E-state index in [-0.39, 0.29) is 17.0 Å². The van der Waals surface area contributed by atoms with E-state index in [1.807, 2.05) is 13.8 Å². The number of urea groups is 1. The highest BCUT2D eigenvalue weighted by molar-refractivity contribution is 5.98. The van der Waals surface area contributed by atoms with Crippen LogP contribution >= 0.6 is 0 Å². The molecule has 0 saturated heterocycles. The molecular formula is C22H28N4O5. The van der Waals surface area contributed by atoms with Gasteiger partial charge in [0.25, 0.3) is 11.5 Å². The van der Waals surface area contributed by atoms with Crippen molar-refractivity contribution < 1.29 is 19.1 Å². The maximum Gasteiger partial charge on any atom is 0.338 e. The van der Waals surface area contributed by atoms with Gasteiger partial charge in [0.1, 0.15) is 5.82 Å². The predicted octanol–water partition coefficient (Wildman–Crippen LogP) is 2.15. The van der Waals surface area contributed by atoms with E-state index in [0.717, 1.165) is 37.9 Å². The number of nitrogens with zero attached hydrogens (tertiary/aromatic N) is 2. The van der Waals surface area contributed by atoms with Crippen molar-refractivity contribution in [3.8, 4) is 0 Å². The quantitative estimate of drug-likeness (QED) is 0.705. The Kier molecular flexibility index (Phi) is 7.38. The van der Waals surface area contributed by atoms with E-state index in [2.05, 4.69) is 15.6 Å². The molecule has 1 aromatic carbocycles. The molecule has 2 heterocycles. The molecule has 2 N–H and O–H groups in total. The van der Waals surface area contributed by atoms with Gasteiger partial charge in [-0.3, -0.25) is 19.5 Å². The summed E-state index contributed by atoms with van der Waals surface area (Å²) in [6, 6.07) is 3.91. The molecule has 166 valence electrons. The molecule has 2 aromatic rings. The maximum absolute atomic E-state index is 12.8. The number of ether oxygens (including phenoxy) is 1. The predicted molar refractivity (Wildman–Crippen MR) is 115 cm³/mol. The molecule has 9 nitrogen and oxygen atoms in total. The van der Waals surface area contributed by atoms with E-state index >= 15 is 0 Å². The normalized spacial score (nSPS) is 13.8. The molecule has 0 radical (unpaired) electrons. The second kappa shape index (κ2) is 10.2. The summed E-state index contributed by atoms with van der Waals surface area (Å²) in [7, 11) is 0. The van der Waals surface area contributed by atoms with Crippen LogP contribution in [0.25, 0.3) is 10.9 Å². The number of imide groups is 1. The van der Waals surface area contributed by atoms with Crippen LogP contribution in [0, 0.1) is 5.92 Å². The molecule has 31 heavy (non-hydrogen) atoms. The Labute approximate surface area is 180 Å². The zero-order valence-corrected chi connectivity index (χ0v) is 17.9. The smallest absolute Gasteiger partial charge is 0.338 e. The fourth-order valence-corrected chi connectivity index (χ4v) is 3.44. The summed E-state index contributed by atoms with van der Waals surface area (Å²) >= 11 is 0. The number of fused-ring (bicyclic) bond motifs is 2. The number of aryl methyl sites for hydroxylation is 1. The van der Waals surface area contributed by atoms with Gasteiger partial charge in [0.2, 0.25) is 0 Å². The minimum Gasteiger partial charge on any atom is -0.452 e. The zero-order chi connectivity index (χ0) is 22.4. The lowest BCUT2D eigenvalue weighted by Crippen LogP contribution is -2.42. The average molecular weight is 428 g/mol. The van der Waals surface area contributed by atoms with Gasteiger partial charge in [-0.1, -0.05) is 26.7 Å². The molecular weight excluding hydrogens is 400 g/mol. The summed E-state index contributed by atoms with van der Waals surface area (Å²) in [6.45, 7) is 4.34. The molecule has 0 bridgehead atoms. The van der Waals surface area contributed by atoms with Gasteiger partial charge < -0.3 is 10.1 Å². The molecule has 3 rings (SSSR count). The van der Waals surface area contributed by atoms with Gasteiger partial charge in [-0.25, -0.2) is 14.6 Å². The van der Waals surface area contributed by atoms with Crippen molar-refractivity contribution >= 4 is 28.8 Å². The zero-order valence-electron chi connectivity index (χ0n) is 17.9. The Morgan fingerprint density at radius 3 is 2.71 bits per heavy atom. The number of amides is 3. The van der Waals surface area contributed by atoms with Crippen LogP contribution in [0.15, 0.2) is 23.0 Å². The standard InChI is InChI=1S/C22H28N4O5/c1-14(2)12-23-22(30)25-19(27)13-31-21(29)15-8-9-16-17(11-15)24-18-7-5-3-4-6-10-26(18)20(16)28/h8-9,11,14H,3-7,10,12-13H2,1-2H3,(H2,23,25,27,30). The van der Waals surface area contributed by atoms with Crippen molar-refractivity contribution in [3.63, 3.8) is 0 Å². The van der Waals surface area contributed by atoms with Crippen LogP contribution in [0.4, 0.5) is 4.79 Å². The SMILES string of the molecule is CC(C)CNC(=O)NC(=O)COC(=O)c1ccc2c(=O)n3c(nc2c1)CCCCCC3. The Bertz CT molecular complexity index is 1040. The summed E-state index contributed by atoms with van der Waals surface area (Å²) in [4.78, 5) is 53.2. The largest absolute Gasteiger partial charge is 0.452 e. The Morgan fingerprint density at radius 1 is 1.16 bits per heavy atom. The molecule has 0 unspecified atom stereocenters. The summed E-state index contributed by atoms with van der Waals surface area (Å²) in [5, 5.41) is 5.09. The van der Waals surface area contributed by atoms with E-state index in [1.54, 1.807) is 10.6 Å². The second-order valence-electron chi connectivity index (χ2n) is 8.11. The van der Waals surface area contributed by atoms with Crippen LogP contribution in [0.2, 0.25) is 0 Å². The third-order valence-electron chi connectivity index (χ3n) is 5.06. The van der Waals surface area contributed by atoms with Crippen molar-refractivity contribution in [3.05, 3.63) is 39.9 Å². The lowest BCUT2D eigenvalue weighted by molar-refractivity contribution is -0.123. The number of benzene rings is 1. The molecule has 0 spiro atoms. The third kappa shape index (κ3) is 5.90. The number of hydrogen-bond acceptors (Lipinski definition) is 6. The number of carbonyl (C=O) groups is 3. The molecule has 0 saturated carbocycles. The van der Waals surface area contributed by atoms with Crippen molar-refractivity contribution in [2.45, 2.75) is 52.5 Å². The monoisotopic (exact) mass is 428 g/mol. The van der Waals surface area contributed by atoms with Gasteiger partial charge in [-0.2, -0.15) is 0 Å². The highest BCUT2D eigenvalue weighted by Gasteiger charge is 2.17. The Balaban J connectivity index is 1.67. The van der Waals surface area contributed by atoms with Gasteiger partial charge in [-0.05, 0) is 37.0 Å². The van der Waals surface area contributed by atoms with E-state index in [1.165, 1.54) is 12.1 Å². The lowest BCUT2D eigenvalue weighted by Gasteiger charge is -2.16. The van der Waals surface area contributed by atoms with Gasteiger partial charge in [0.15, 0.2) is 6.61 Å². The number of rotatable bonds is 5. The second-order valence-corrected chi connectivity index (χ2v) is 8.11. The molecule has 3 amide bonds. The Morgan fingerprint density at radius 2 is 1.94 bits per heavy atom. The summed E-state index contributed by atoms with van der Waals surface area (Å²) in [5.41, 5.74) is 0.518. The van der Waals surface area contributed by atoms with Crippen LogP contribution in [0.5, 0.6) is 0 Å². The van der Waals surface area contributed by atoms with Crippen LogP contribution in [-0.2, 0) is 22.5 Å². The molecule has 1 aromatic heterocycles. The topological polar surface area (TPSA) is 119 Å². The fraction of sp³-hybridized carbons (Fsp3) is 0.500. The number of hydrogen-bond donors (Lipinski definition) is 2. The van der Waals surface area contributed by atoms with Crippen molar-refractivity contribution in [1.82, 2.24) is 20.2 Å². The summed E-state index contributed by atoms with van der Waals surface area (Å²) in [5.74, 6) is -0.483. The number of nitrogens with one attached hydrogen (secondary N) is 2. The third-order valence-corrected chi connectivity index (χ3v) is 5.06. The first-order chi connectivity index (χ1) is 14.8. The lowest BCUT2D eigenvalue weighted by atomic mass is 10.1. The summed E-state index contributed by atoms with van der Waals surface area (Å²) < 4.78 is 6.73. The van der Waals surface area contributed by atoms with Crippen LogP contribution in [-0.4, -0.2) is 40.6 Å². The van der Waals surface area contributed by atoms with E-state index in [4.69, 9.17) is 4.74 Å². The van der Waals surface area contributed by atoms with Crippen molar-refractivity contribution in [1.29, 1.82) is 0 Å². The highest BCUT2D eigenvalue weighted by Crippen LogP contribution is 2.17. The average Bonchev–Trinajstić information content (AvgIpc) is 2.71. The van der Waals surface area contributed by atoms with E-state index in [9.17, 15) is 19.2 Å². The molecule has 0 atom stereocenters. The van der Waals surface area contributed by atoms with Crippen LogP contribution in [0.1, 0.15) is 55.7 Å². The van der Waals surface area contributed by atoms with Gasteiger partial charge in [-0.15, -0.1) is 0 Å². The van der Waals surface area contributed by atoms with Gasteiger partial charge in [0, 0.05) is 19.5 Å². The number of esters is 1. The van der Waals surface area contributed by atoms with Crippen LogP contribution < -0.4 is 16.2 Å². The highest BCUT2D eigenvalue weighted by atomic mass is 16.5. The first-order valence-corrected chi connectivity index (χ1v) is 10.6. The molecule has 1 aliphatic heterocycles.